The number of nitrogens with two attached hydrogens (primary N) is 2. The summed E-state index contributed by atoms with van der Waals surface area (Å²) in [5.74, 6) is -0.0195. The Morgan fingerprint density at radius 1 is 1.53 bits per heavy atom. The van der Waals surface area contributed by atoms with Crippen LogP contribution >= 0.6 is 0 Å². The van der Waals surface area contributed by atoms with Gasteiger partial charge >= 0.3 is 0 Å². The molecule has 5 nitrogen and oxygen atoms in total. The molecule has 0 spiro atoms. The lowest BCUT2D eigenvalue weighted by Crippen LogP contribution is -2.22. The second-order valence-electron chi connectivity index (χ2n) is 3.95. The maximum atomic E-state index is 11.1. The van der Waals surface area contributed by atoms with Gasteiger partial charge in [0.1, 0.15) is 0 Å². The van der Waals surface area contributed by atoms with Crippen LogP contribution in [0.5, 0.6) is 0 Å². The Hall–Kier alpha value is -1.56. The molecule has 0 aromatic heterocycles. The van der Waals surface area contributed by atoms with E-state index in [9.17, 15) is 9.00 Å². The fourth-order valence-electron chi connectivity index (χ4n) is 1.54. The molecule has 0 aliphatic rings. The number of amides is 1. The predicted molar refractivity (Wildman–Crippen MR) is 71.4 cm³/mol. The van der Waals surface area contributed by atoms with E-state index in [-0.39, 0.29) is 6.04 Å². The first-order valence-corrected chi connectivity index (χ1v) is 6.88. The van der Waals surface area contributed by atoms with Crippen molar-refractivity contribution in [1.82, 2.24) is 0 Å². The van der Waals surface area contributed by atoms with Crippen molar-refractivity contribution in [1.29, 1.82) is 0 Å². The van der Waals surface area contributed by atoms with Gasteiger partial charge in [0, 0.05) is 40.2 Å². The van der Waals surface area contributed by atoms with Crippen LogP contribution in [0.3, 0.4) is 0 Å². The Morgan fingerprint density at radius 3 is 2.71 bits per heavy atom. The number of carbonyl (C=O) groups is 1. The third-order valence-electron chi connectivity index (χ3n) is 2.22. The molecule has 6 heteroatoms. The molecule has 17 heavy (non-hydrogen) atoms. The molecule has 0 bridgehead atoms. The zero-order valence-electron chi connectivity index (χ0n) is 9.90. The van der Waals surface area contributed by atoms with Crippen molar-refractivity contribution >= 4 is 28.1 Å². The van der Waals surface area contributed by atoms with Crippen LogP contribution in [-0.2, 0) is 10.8 Å². The fraction of sp³-hybridized carbons (Fsp3) is 0.364. The summed E-state index contributed by atoms with van der Waals surface area (Å²) in [5, 5.41) is 3.14. The van der Waals surface area contributed by atoms with Crippen LogP contribution in [-0.4, -0.2) is 28.2 Å². The van der Waals surface area contributed by atoms with Crippen molar-refractivity contribution in [2.75, 3.05) is 23.1 Å². The zero-order chi connectivity index (χ0) is 13.0. The van der Waals surface area contributed by atoms with Crippen molar-refractivity contribution in [2.45, 2.75) is 13.0 Å². The Bertz CT molecular complexity index is 448. The van der Waals surface area contributed by atoms with Crippen molar-refractivity contribution in [3.05, 3.63) is 23.8 Å². The normalized spacial score (nSPS) is 14.0. The molecular weight excluding hydrogens is 238 g/mol. The third kappa shape index (κ3) is 4.07. The molecular formula is C11H17N3O2S. The minimum atomic E-state index is -0.867. The smallest absolute Gasteiger partial charge is 0.250 e. The molecule has 1 rings (SSSR count). The Morgan fingerprint density at radius 2 is 2.18 bits per heavy atom. The van der Waals surface area contributed by atoms with E-state index in [0.29, 0.717) is 17.0 Å². The second kappa shape index (κ2) is 5.67. The first kappa shape index (κ1) is 13.5. The molecule has 5 N–H and O–H groups in total. The van der Waals surface area contributed by atoms with Crippen molar-refractivity contribution < 1.29 is 9.00 Å². The molecule has 94 valence electrons. The minimum absolute atomic E-state index is 0.0465. The SMILES string of the molecule is CC(CS(C)=O)Nc1ccc(N)c(C(N)=O)c1. The van der Waals surface area contributed by atoms with E-state index >= 15 is 0 Å². The molecule has 0 radical (unpaired) electrons. The highest BCUT2D eigenvalue weighted by Crippen LogP contribution is 2.18. The third-order valence-corrected chi connectivity index (χ3v) is 3.19. The molecule has 0 saturated carbocycles. The van der Waals surface area contributed by atoms with Crippen molar-refractivity contribution in [2.24, 2.45) is 5.73 Å². The number of carbonyl (C=O) groups excluding carboxylic acids is 1. The van der Waals surface area contributed by atoms with Crippen LogP contribution in [0.1, 0.15) is 17.3 Å². The van der Waals surface area contributed by atoms with Gasteiger partial charge in [0.25, 0.3) is 5.91 Å². The first-order chi connectivity index (χ1) is 7.90. The number of rotatable bonds is 5. The van der Waals surface area contributed by atoms with Gasteiger partial charge in [-0.1, -0.05) is 0 Å². The molecule has 0 aliphatic heterocycles. The summed E-state index contributed by atoms with van der Waals surface area (Å²) < 4.78 is 11.1. The average Bonchev–Trinajstić information content (AvgIpc) is 2.19. The van der Waals surface area contributed by atoms with Gasteiger partial charge in [0.15, 0.2) is 0 Å². The van der Waals surface area contributed by atoms with E-state index in [4.69, 9.17) is 11.5 Å². The quantitative estimate of drug-likeness (QED) is 0.669. The Balaban J connectivity index is 2.82. The van der Waals surface area contributed by atoms with Crippen LogP contribution in [0.25, 0.3) is 0 Å². The van der Waals surface area contributed by atoms with Gasteiger partial charge in [-0.05, 0) is 25.1 Å². The zero-order valence-corrected chi connectivity index (χ0v) is 10.7. The van der Waals surface area contributed by atoms with E-state index in [0.717, 1.165) is 5.69 Å². The average molecular weight is 255 g/mol. The summed E-state index contributed by atoms with van der Waals surface area (Å²) in [4.78, 5) is 11.1. The topological polar surface area (TPSA) is 98.2 Å². The highest BCUT2D eigenvalue weighted by molar-refractivity contribution is 7.84. The van der Waals surface area contributed by atoms with Crippen molar-refractivity contribution in [3.8, 4) is 0 Å². The van der Waals surface area contributed by atoms with Gasteiger partial charge in [0.2, 0.25) is 0 Å². The summed E-state index contributed by atoms with van der Waals surface area (Å²) in [7, 11) is -0.867. The van der Waals surface area contributed by atoms with E-state index in [1.165, 1.54) is 0 Å². The monoisotopic (exact) mass is 255 g/mol. The molecule has 1 aromatic carbocycles. The highest BCUT2D eigenvalue weighted by atomic mass is 32.2. The lowest BCUT2D eigenvalue weighted by atomic mass is 10.1. The molecule has 1 amide bonds. The molecule has 2 unspecified atom stereocenters. The van der Waals surface area contributed by atoms with Crippen LogP contribution in [0.15, 0.2) is 18.2 Å². The second-order valence-corrected chi connectivity index (χ2v) is 5.43. The van der Waals surface area contributed by atoms with Gasteiger partial charge in [-0.2, -0.15) is 0 Å². The Labute approximate surface area is 103 Å². The van der Waals surface area contributed by atoms with Crippen LogP contribution in [0.4, 0.5) is 11.4 Å². The summed E-state index contributed by atoms with van der Waals surface area (Å²) >= 11 is 0. The number of hydrogen-bond acceptors (Lipinski definition) is 4. The largest absolute Gasteiger partial charge is 0.398 e. The molecule has 0 heterocycles. The highest BCUT2D eigenvalue weighted by Gasteiger charge is 2.09. The van der Waals surface area contributed by atoms with E-state index in [2.05, 4.69) is 5.32 Å². The van der Waals surface area contributed by atoms with Crippen LogP contribution in [0, 0.1) is 0 Å². The number of hydrogen-bond donors (Lipinski definition) is 3. The van der Waals surface area contributed by atoms with E-state index in [1.807, 2.05) is 6.92 Å². The predicted octanol–water partition coefficient (Wildman–Crippen LogP) is 0.547. The fourth-order valence-corrected chi connectivity index (χ4v) is 2.33. The van der Waals surface area contributed by atoms with Gasteiger partial charge in [-0.3, -0.25) is 9.00 Å². The Kier molecular flexibility index (Phi) is 4.51. The van der Waals surface area contributed by atoms with E-state index < -0.39 is 16.7 Å². The van der Waals surface area contributed by atoms with E-state index in [1.54, 1.807) is 24.5 Å². The number of nitrogens with one attached hydrogen (secondary N) is 1. The van der Waals surface area contributed by atoms with Crippen molar-refractivity contribution in [3.63, 3.8) is 0 Å². The number of benzene rings is 1. The number of primary amides is 1. The number of nitrogen functional groups attached to an aromatic ring is 1. The lowest BCUT2D eigenvalue weighted by molar-refractivity contribution is 0.100. The summed E-state index contributed by atoms with van der Waals surface area (Å²) in [5.41, 5.74) is 12.2. The molecule has 2 atom stereocenters. The maximum Gasteiger partial charge on any atom is 0.250 e. The van der Waals surface area contributed by atoms with Crippen LogP contribution < -0.4 is 16.8 Å². The molecule has 1 aromatic rings. The minimum Gasteiger partial charge on any atom is -0.398 e. The van der Waals surface area contributed by atoms with Gasteiger partial charge in [-0.15, -0.1) is 0 Å². The van der Waals surface area contributed by atoms with Gasteiger partial charge < -0.3 is 16.8 Å². The summed E-state index contributed by atoms with van der Waals surface area (Å²) in [6.07, 6.45) is 1.65. The molecule has 0 fully saturated rings. The van der Waals surface area contributed by atoms with Gasteiger partial charge in [0.05, 0.1) is 5.56 Å². The lowest BCUT2D eigenvalue weighted by Gasteiger charge is -2.15. The molecule has 0 aliphatic carbocycles. The summed E-state index contributed by atoms with van der Waals surface area (Å²) in [6.45, 7) is 1.92. The maximum absolute atomic E-state index is 11.1. The number of anilines is 2. The first-order valence-electron chi connectivity index (χ1n) is 5.16. The van der Waals surface area contributed by atoms with Crippen LogP contribution in [0.2, 0.25) is 0 Å². The molecule has 0 saturated heterocycles. The van der Waals surface area contributed by atoms with Gasteiger partial charge in [-0.25, -0.2) is 0 Å². The summed E-state index contributed by atoms with van der Waals surface area (Å²) in [6, 6.07) is 5.03. The standard InChI is InChI=1S/C11H17N3O2S/c1-7(6-17(2)16)14-8-3-4-10(12)9(5-8)11(13)15/h3-5,7,14H,6,12H2,1-2H3,(H2,13,15).